The first-order valence-electron chi connectivity index (χ1n) is 8.48. The largest absolute Gasteiger partial charge is 0.352 e. The maximum absolute atomic E-state index is 12.2. The van der Waals surface area contributed by atoms with Gasteiger partial charge in [0.15, 0.2) is 0 Å². The molecule has 1 saturated heterocycles. The summed E-state index contributed by atoms with van der Waals surface area (Å²) in [6, 6.07) is 3.68. The molecule has 1 aromatic rings. The number of amides is 2. The maximum Gasteiger partial charge on any atom is 0.270 e. The van der Waals surface area contributed by atoms with Crippen molar-refractivity contribution >= 4 is 29.1 Å². The van der Waals surface area contributed by atoms with Crippen LogP contribution in [0.2, 0.25) is 5.02 Å². The van der Waals surface area contributed by atoms with Crippen LogP contribution in [0.1, 0.15) is 29.6 Å². The molecule has 1 N–H and O–H groups in total. The highest BCUT2D eigenvalue weighted by Gasteiger charge is 2.31. The Labute approximate surface area is 157 Å². The lowest BCUT2D eigenvalue weighted by atomic mass is 10.2. The van der Waals surface area contributed by atoms with Gasteiger partial charge in [-0.25, -0.2) is 0 Å². The van der Waals surface area contributed by atoms with Gasteiger partial charge >= 0.3 is 0 Å². The third-order valence-corrected chi connectivity index (χ3v) is 4.73. The van der Waals surface area contributed by atoms with Crippen molar-refractivity contribution in [2.24, 2.45) is 0 Å². The first-order valence-corrected chi connectivity index (χ1v) is 8.86. The van der Waals surface area contributed by atoms with Crippen molar-refractivity contribution < 1.29 is 14.5 Å². The summed E-state index contributed by atoms with van der Waals surface area (Å²) in [5, 5.41) is 13.7. The number of carbonyl (C=O) groups excluding carboxylic acids is 2. The van der Waals surface area contributed by atoms with Crippen LogP contribution in [0.15, 0.2) is 18.2 Å². The molecular formula is C17H23ClN4O4. The quantitative estimate of drug-likeness (QED) is 0.441. The number of non-ortho nitro benzene ring substituents is 1. The monoisotopic (exact) mass is 382 g/mol. The zero-order valence-electron chi connectivity index (χ0n) is 14.9. The molecule has 1 fully saturated rings. The van der Waals surface area contributed by atoms with Crippen LogP contribution < -0.4 is 5.32 Å². The van der Waals surface area contributed by atoms with E-state index in [0.717, 1.165) is 19.4 Å². The van der Waals surface area contributed by atoms with Crippen LogP contribution in [0.5, 0.6) is 0 Å². The molecule has 8 nitrogen and oxygen atoms in total. The van der Waals surface area contributed by atoms with Gasteiger partial charge in [0.05, 0.1) is 21.6 Å². The average molecular weight is 383 g/mol. The van der Waals surface area contributed by atoms with Crippen LogP contribution in [-0.2, 0) is 4.79 Å². The molecule has 1 heterocycles. The van der Waals surface area contributed by atoms with Gasteiger partial charge in [0, 0.05) is 39.3 Å². The Hall–Kier alpha value is -2.19. The van der Waals surface area contributed by atoms with Crippen molar-refractivity contribution in [3.05, 3.63) is 38.9 Å². The second kappa shape index (κ2) is 8.95. The van der Waals surface area contributed by atoms with E-state index in [-0.39, 0.29) is 28.2 Å². The highest BCUT2D eigenvalue weighted by molar-refractivity contribution is 6.33. The molecular weight excluding hydrogens is 360 g/mol. The van der Waals surface area contributed by atoms with Crippen molar-refractivity contribution in [3.63, 3.8) is 0 Å². The van der Waals surface area contributed by atoms with Gasteiger partial charge in [0.2, 0.25) is 5.91 Å². The third-order valence-electron chi connectivity index (χ3n) is 4.40. The number of likely N-dealkylation sites (N-methyl/N-ethyl adjacent to an activating group) is 1. The molecule has 2 rings (SSSR count). The molecule has 1 unspecified atom stereocenters. The Kier molecular flexibility index (Phi) is 6.93. The smallest absolute Gasteiger partial charge is 0.270 e. The van der Waals surface area contributed by atoms with Crippen molar-refractivity contribution in [1.82, 2.24) is 15.1 Å². The molecule has 26 heavy (non-hydrogen) atoms. The number of nitro benzene ring substituents is 1. The third kappa shape index (κ3) is 4.92. The van der Waals surface area contributed by atoms with Gasteiger partial charge in [-0.3, -0.25) is 24.6 Å². The van der Waals surface area contributed by atoms with Gasteiger partial charge in [0.25, 0.3) is 11.6 Å². The molecule has 1 atom stereocenters. The molecule has 0 radical (unpaired) electrons. The molecule has 2 amide bonds. The number of rotatable bonds is 7. The first kappa shape index (κ1) is 20.1. The van der Waals surface area contributed by atoms with Gasteiger partial charge in [-0.1, -0.05) is 11.6 Å². The fourth-order valence-electron chi connectivity index (χ4n) is 3.05. The zero-order chi connectivity index (χ0) is 19.3. The van der Waals surface area contributed by atoms with Crippen LogP contribution in [0, 0.1) is 10.1 Å². The summed E-state index contributed by atoms with van der Waals surface area (Å²) in [6.45, 7) is 1.97. The van der Waals surface area contributed by atoms with Crippen molar-refractivity contribution in [2.75, 3.05) is 33.7 Å². The van der Waals surface area contributed by atoms with E-state index in [2.05, 4.69) is 10.2 Å². The van der Waals surface area contributed by atoms with E-state index in [0.29, 0.717) is 19.5 Å². The molecule has 142 valence electrons. The lowest BCUT2D eigenvalue weighted by molar-refractivity contribution is -0.384. The van der Waals surface area contributed by atoms with Crippen molar-refractivity contribution in [1.29, 1.82) is 0 Å². The topological polar surface area (TPSA) is 95.8 Å². The molecule has 0 saturated carbocycles. The molecule has 0 spiro atoms. The SMILES string of the molecule is CN(C)C(=O)C1CCCN1CCCNC(=O)c1cc([N+](=O)[O-])ccc1Cl. The van der Waals surface area contributed by atoms with Gasteiger partial charge < -0.3 is 10.2 Å². The number of benzene rings is 1. The van der Waals surface area contributed by atoms with E-state index in [1.807, 2.05) is 0 Å². The van der Waals surface area contributed by atoms with Crippen molar-refractivity contribution in [3.8, 4) is 0 Å². The summed E-state index contributed by atoms with van der Waals surface area (Å²) in [5.41, 5.74) is -0.0932. The Balaban J connectivity index is 1.84. The van der Waals surface area contributed by atoms with Crippen LogP contribution in [-0.4, -0.2) is 66.3 Å². The summed E-state index contributed by atoms with van der Waals surface area (Å²) in [5.74, 6) is -0.337. The van der Waals surface area contributed by atoms with E-state index in [4.69, 9.17) is 11.6 Å². The summed E-state index contributed by atoms with van der Waals surface area (Å²) >= 11 is 5.96. The predicted octanol–water partition coefficient (Wildman–Crippen LogP) is 1.92. The van der Waals surface area contributed by atoms with Gasteiger partial charge in [-0.05, 0) is 31.9 Å². The second-order valence-corrected chi connectivity index (χ2v) is 6.86. The minimum Gasteiger partial charge on any atom is -0.352 e. The van der Waals surface area contributed by atoms with E-state index < -0.39 is 10.8 Å². The first-order chi connectivity index (χ1) is 12.3. The second-order valence-electron chi connectivity index (χ2n) is 6.46. The number of halogens is 1. The van der Waals surface area contributed by atoms with Crippen LogP contribution >= 0.6 is 11.6 Å². The lowest BCUT2D eigenvalue weighted by Gasteiger charge is -2.26. The number of hydrogen-bond acceptors (Lipinski definition) is 5. The number of nitrogens with zero attached hydrogens (tertiary/aromatic N) is 3. The molecule has 1 aliphatic heterocycles. The molecule has 1 aliphatic rings. The van der Waals surface area contributed by atoms with E-state index >= 15 is 0 Å². The van der Waals surface area contributed by atoms with E-state index in [9.17, 15) is 19.7 Å². The normalized spacial score (nSPS) is 17.1. The molecule has 0 aliphatic carbocycles. The predicted molar refractivity (Wildman–Crippen MR) is 98.3 cm³/mol. The van der Waals surface area contributed by atoms with Gasteiger partial charge in [0.1, 0.15) is 0 Å². The number of likely N-dealkylation sites (tertiary alicyclic amines) is 1. The van der Waals surface area contributed by atoms with E-state index in [1.165, 1.54) is 18.2 Å². The minimum atomic E-state index is -0.567. The molecule has 0 aromatic heterocycles. The van der Waals surface area contributed by atoms with Crippen LogP contribution in [0.4, 0.5) is 5.69 Å². The summed E-state index contributed by atoms with van der Waals surface area (Å²) < 4.78 is 0. The standard InChI is InChI=1S/C17H23ClN4O4/c1-20(2)17(24)15-5-3-9-21(15)10-4-8-19-16(23)13-11-12(22(25)26)6-7-14(13)18/h6-7,11,15H,3-5,8-10H2,1-2H3,(H,19,23). The number of nitrogens with one attached hydrogen (secondary N) is 1. The fourth-order valence-corrected chi connectivity index (χ4v) is 3.25. The maximum atomic E-state index is 12.2. The van der Waals surface area contributed by atoms with Crippen LogP contribution in [0.25, 0.3) is 0 Å². The Morgan fingerprint density at radius 2 is 2.15 bits per heavy atom. The van der Waals surface area contributed by atoms with Gasteiger partial charge in [-0.2, -0.15) is 0 Å². The summed E-state index contributed by atoms with van der Waals surface area (Å²) in [7, 11) is 3.50. The molecule has 9 heteroatoms. The Morgan fingerprint density at radius 3 is 2.81 bits per heavy atom. The fraction of sp³-hybridized carbons (Fsp3) is 0.529. The molecule has 0 bridgehead atoms. The average Bonchev–Trinajstić information content (AvgIpc) is 3.06. The zero-order valence-corrected chi connectivity index (χ0v) is 15.7. The van der Waals surface area contributed by atoms with Gasteiger partial charge in [-0.15, -0.1) is 0 Å². The highest BCUT2D eigenvalue weighted by Crippen LogP contribution is 2.22. The molecule has 1 aromatic carbocycles. The number of nitro groups is 1. The Bertz CT molecular complexity index is 695. The number of hydrogen-bond donors (Lipinski definition) is 1. The Morgan fingerprint density at radius 1 is 1.42 bits per heavy atom. The number of carbonyl (C=O) groups is 2. The lowest BCUT2D eigenvalue weighted by Crippen LogP contribution is -2.43. The van der Waals surface area contributed by atoms with E-state index in [1.54, 1.807) is 19.0 Å². The highest BCUT2D eigenvalue weighted by atomic mass is 35.5. The van der Waals surface area contributed by atoms with Crippen molar-refractivity contribution in [2.45, 2.75) is 25.3 Å². The minimum absolute atomic E-state index is 0.0858. The summed E-state index contributed by atoms with van der Waals surface area (Å²) in [6.07, 6.45) is 2.52. The van der Waals surface area contributed by atoms with Crippen LogP contribution in [0.3, 0.4) is 0 Å². The summed E-state index contributed by atoms with van der Waals surface area (Å²) in [4.78, 5) is 38.4.